The topological polar surface area (TPSA) is 45.2 Å². The second-order valence-corrected chi connectivity index (χ2v) is 7.93. The third-order valence-corrected chi connectivity index (χ3v) is 5.68. The Morgan fingerprint density at radius 2 is 2.04 bits per heavy atom. The first-order valence-electron chi connectivity index (χ1n) is 10.6. The van der Waals surface area contributed by atoms with Gasteiger partial charge in [-0.15, -0.1) is 6.42 Å². The molecule has 1 aromatic carbocycles. The number of nitrogens with zero attached hydrogens (tertiary/aromatic N) is 2. The summed E-state index contributed by atoms with van der Waals surface area (Å²) < 4.78 is 11.2. The number of rotatable bonds is 9. The van der Waals surface area contributed by atoms with Crippen LogP contribution in [0.15, 0.2) is 24.3 Å². The van der Waals surface area contributed by atoms with Crippen LogP contribution in [0.2, 0.25) is 0 Å². The minimum absolute atomic E-state index is 0.303. The van der Waals surface area contributed by atoms with Crippen molar-refractivity contribution in [2.75, 3.05) is 46.0 Å². The number of terminal acetylenes is 1. The van der Waals surface area contributed by atoms with Crippen molar-refractivity contribution in [3.8, 4) is 18.1 Å². The van der Waals surface area contributed by atoms with E-state index in [0.29, 0.717) is 25.7 Å². The molecule has 1 unspecified atom stereocenters. The van der Waals surface area contributed by atoms with Gasteiger partial charge in [0.05, 0.1) is 19.8 Å². The lowest BCUT2D eigenvalue weighted by atomic mass is 9.94. The highest BCUT2D eigenvalue weighted by Crippen LogP contribution is 2.24. The van der Waals surface area contributed by atoms with Crippen LogP contribution in [0, 0.1) is 12.3 Å². The lowest BCUT2D eigenvalue weighted by Gasteiger charge is -2.33. The zero-order valence-electron chi connectivity index (χ0n) is 16.9. The Kier molecular flexibility index (Phi) is 8.63. The SMILES string of the molecule is C#CCN(Cc1cccc(OCC(O)CN2CCOCC2)c1)C1CCCCC1. The van der Waals surface area contributed by atoms with Crippen molar-refractivity contribution >= 4 is 0 Å². The smallest absolute Gasteiger partial charge is 0.119 e. The molecule has 5 heteroatoms. The van der Waals surface area contributed by atoms with E-state index < -0.39 is 6.10 Å². The molecule has 1 aromatic rings. The van der Waals surface area contributed by atoms with Crippen LogP contribution >= 0.6 is 0 Å². The molecule has 0 aromatic heterocycles. The van der Waals surface area contributed by atoms with E-state index in [0.717, 1.165) is 38.6 Å². The first kappa shape index (κ1) is 21.1. The Balaban J connectivity index is 1.50. The van der Waals surface area contributed by atoms with Gasteiger partial charge in [0.25, 0.3) is 0 Å². The first-order valence-corrected chi connectivity index (χ1v) is 10.6. The Bertz CT molecular complexity index is 619. The minimum atomic E-state index is -0.498. The van der Waals surface area contributed by atoms with E-state index in [9.17, 15) is 5.11 Å². The van der Waals surface area contributed by atoms with Crippen LogP contribution in [0.3, 0.4) is 0 Å². The summed E-state index contributed by atoms with van der Waals surface area (Å²) in [6.07, 6.45) is 11.6. The number of aliphatic hydroxyl groups excluding tert-OH is 1. The van der Waals surface area contributed by atoms with E-state index in [4.69, 9.17) is 15.9 Å². The molecule has 1 saturated heterocycles. The normalized spacial score (nSPS) is 20.0. The van der Waals surface area contributed by atoms with E-state index in [-0.39, 0.29) is 0 Å². The van der Waals surface area contributed by atoms with E-state index in [2.05, 4.69) is 27.9 Å². The van der Waals surface area contributed by atoms with E-state index in [1.165, 1.54) is 37.7 Å². The molecule has 2 aliphatic rings. The molecule has 1 atom stereocenters. The predicted molar refractivity (Wildman–Crippen MR) is 111 cm³/mol. The maximum Gasteiger partial charge on any atom is 0.119 e. The molecule has 5 nitrogen and oxygen atoms in total. The molecule has 1 saturated carbocycles. The highest BCUT2D eigenvalue weighted by molar-refractivity contribution is 5.28. The summed E-state index contributed by atoms with van der Waals surface area (Å²) in [7, 11) is 0. The quantitative estimate of drug-likeness (QED) is 0.661. The molecule has 1 aliphatic heterocycles. The van der Waals surface area contributed by atoms with Gasteiger partial charge in [0.15, 0.2) is 0 Å². The standard InChI is InChI=1S/C23H34N2O3/c1-2-11-25(21-8-4-3-5-9-21)17-20-7-6-10-23(16-20)28-19-22(26)18-24-12-14-27-15-13-24/h1,6-7,10,16,21-22,26H,3-5,8-9,11-15,17-19H2. The molecule has 2 fully saturated rings. The summed E-state index contributed by atoms with van der Waals surface area (Å²) in [5, 5.41) is 10.3. The monoisotopic (exact) mass is 386 g/mol. The van der Waals surface area contributed by atoms with E-state index in [1.807, 2.05) is 12.1 Å². The zero-order chi connectivity index (χ0) is 19.6. The minimum Gasteiger partial charge on any atom is -0.491 e. The van der Waals surface area contributed by atoms with Crippen molar-refractivity contribution in [3.05, 3.63) is 29.8 Å². The number of hydrogen-bond donors (Lipinski definition) is 1. The fourth-order valence-corrected chi connectivity index (χ4v) is 4.17. The lowest BCUT2D eigenvalue weighted by molar-refractivity contribution is 0.00464. The number of hydrogen-bond acceptors (Lipinski definition) is 5. The molecule has 0 amide bonds. The summed E-state index contributed by atoms with van der Waals surface area (Å²) in [6.45, 7) is 5.70. The third kappa shape index (κ3) is 6.79. The van der Waals surface area contributed by atoms with E-state index >= 15 is 0 Å². The Hall–Kier alpha value is -1.58. The highest BCUT2D eigenvalue weighted by atomic mass is 16.5. The Morgan fingerprint density at radius 1 is 1.25 bits per heavy atom. The van der Waals surface area contributed by atoms with Crippen molar-refractivity contribution < 1.29 is 14.6 Å². The average Bonchev–Trinajstić information content (AvgIpc) is 2.74. The van der Waals surface area contributed by atoms with Crippen LogP contribution in [-0.4, -0.2) is 73.1 Å². The summed E-state index contributed by atoms with van der Waals surface area (Å²) in [5.74, 6) is 3.64. The summed E-state index contributed by atoms with van der Waals surface area (Å²) in [6, 6.07) is 8.77. The van der Waals surface area contributed by atoms with Gasteiger partial charge in [0.1, 0.15) is 18.5 Å². The fourth-order valence-electron chi connectivity index (χ4n) is 4.17. The second-order valence-electron chi connectivity index (χ2n) is 7.93. The summed E-state index contributed by atoms with van der Waals surface area (Å²) in [5.41, 5.74) is 1.21. The summed E-state index contributed by atoms with van der Waals surface area (Å²) >= 11 is 0. The molecule has 3 rings (SSSR count). The third-order valence-electron chi connectivity index (χ3n) is 5.68. The number of ether oxygens (including phenoxy) is 2. The van der Waals surface area contributed by atoms with Crippen molar-refractivity contribution in [2.24, 2.45) is 0 Å². The average molecular weight is 387 g/mol. The molecule has 0 bridgehead atoms. The van der Waals surface area contributed by atoms with Gasteiger partial charge >= 0.3 is 0 Å². The van der Waals surface area contributed by atoms with Crippen LogP contribution in [-0.2, 0) is 11.3 Å². The van der Waals surface area contributed by atoms with Crippen molar-refractivity contribution in [2.45, 2.75) is 50.8 Å². The molecule has 1 N–H and O–H groups in total. The number of aliphatic hydroxyl groups is 1. The van der Waals surface area contributed by atoms with Gasteiger partial charge in [0.2, 0.25) is 0 Å². The van der Waals surface area contributed by atoms with Crippen molar-refractivity contribution in [1.29, 1.82) is 0 Å². The predicted octanol–water partition coefficient (Wildman–Crippen LogP) is 2.53. The molecule has 0 spiro atoms. The van der Waals surface area contributed by atoms with Gasteiger partial charge in [-0.1, -0.05) is 37.3 Å². The van der Waals surface area contributed by atoms with Crippen LogP contribution in [0.1, 0.15) is 37.7 Å². The fraction of sp³-hybridized carbons (Fsp3) is 0.652. The Morgan fingerprint density at radius 3 is 2.79 bits per heavy atom. The van der Waals surface area contributed by atoms with Crippen molar-refractivity contribution in [3.63, 3.8) is 0 Å². The first-order chi connectivity index (χ1) is 13.7. The van der Waals surface area contributed by atoms with Gasteiger partial charge in [-0.2, -0.15) is 0 Å². The van der Waals surface area contributed by atoms with E-state index in [1.54, 1.807) is 0 Å². The summed E-state index contributed by atoms with van der Waals surface area (Å²) in [4.78, 5) is 4.64. The molecule has 1 heterocycles. The van der Waals surface area contributed by atoms with Gasteiger partial charge in [-0.25, -0.2) is 0 Å². The van der Waals surface area contributed by atoms with Crippen LogP contribution in [0.4, 0.5) is 0 Å². The van der Waals surface area contributed by atoms with Crippen LogP contribution in [0.5, 0.6) is 5.75 Å². The van der Waals surface area contributed by atoms with Crippen LogP contribution < -0.4 is 4.74 Å². The maximum absolute atomic E-state index is 10.3. The molecular formula is C23H34N2O3. The maximum atomic E-state index is 10.3. The second kappa shape index (κ2) is 11.4. The van der Waals surface area contributed by atoms with Crippen molar-refractivity contribution in [1.82, 2.24) is 9.80 Å². The largest absolute Gasteiger partial charge is 0.491 e. The molecule has 28 heavy (non-hydrogen) atoms. The van der Waals surface area contributed by atoms with Gasteiger partial charge in [0, 0.05) is 32.2 Å². The highest BCUT2D eigenvalue weighted by Gasteiger charge is 2.21. The molecule has 0 radical (unpaired) electrons. The molecule has 1 aliphatic carbocycles. The van der Waals surface area contributed by atoms with Gasteiger partial charge in [-0.3, -0.25) is 9.80 Å². The number of β-amino-alcohol motifs (C(OH)–C–C–N with tert-alkyl or cyclic N) is 1. The molecule has 154 valence electrons. The Labute approximate surface area is 169 Å². The van der Waals surface area contributed by atoms with Gasteiger partial charge in [-0.05, 0) is 30.5 Å². The van der Waals surface area contributed by atoms with Gasteiger partial charge < -0.3 is 14.6 Å². The number of benzene rings is 1. The lowest BCUT2D eigenvalue weighted by Crippen LogP contribution is -2.42. The zero-order valence-corrected chi connectivity index (χ0v) is 16.9. The number of morpholine rings is 1. The molecular weight excluding hydrogens is 352 g/mol. The van der Waals surface area contributed by atoms with Crippen LogP contribution in [0.25, 0.3) is 0 Å².